The fourth-order valence-electron chi connectivity index (χ4n) is 2.09. The molecule has 106 valence electrons. The minimum Gasteiger partial charge on any atom is -0.315 e. The monoisotopic (exact) mass is 322 g/mol. The molecule has 2 rings (SSSR count). The van der Waals surface area contributed by atoms with Crippen LogP contribution in [0.5, 0.6) is 0 Å². The van der Waals surface area contributed by atoms with Crippen molar-refractivity contribution in [2.75, 3.05) is 13.1 Å². The van der Waals surface area contributed by atoms with E-state index in [4.69, 9.17) is 23.2 Å². The SMILES string of the molecule is CC1CCNCC1NS(=O)(=O)c1cc(Cl)ccc1Cl. The highest BCUT2D eigenvalue weighted by atomic mass is 35.5. The normalized spacial score (nSPS) is 24.4. The smallest absolute Gasteiger partial charge is 0.242 e. The summed E-state index contributed by atoms with van der Waals surface area (Å²) >= 11 is 11.8. The molecule has 1 saturated heterocycles. The van der Waals surface area contributed by atoms with E-state index in [1.165, 1.54) is 12.1 Å². The van der Waals surface area contributed by atoms with E-state index < -0.39 is 10.0 Å². The second kappa shape index (κ2) is 5.97. The number of hydrogen-bond acceptors (Lipinski definition) is 3. The standard InChI is InChI=1S/C12H16Cl2N2O2S/c1-8-4-5-15-7-11(8)16-19(17,18)12-6-9(13)2-3-10(12)14/h2-3,6,8,11,15-16H,4-5,7H2,1H3. The van der Waals surface area contributed by atoms with E-state index in [-0.39, 0.29) is 21.9 Å². The first kappa shape index (κ1) is 15.1. The maximum atomic E-state index is 12.3. The van der Waals surface area contributed by atoms with Crippen LogP contribution in [0.4, 0.5) is 0 Å². The lowest BCUT2D eigenvalue weighted by Crippen LogP contribution is -2.50. The van der Waals surface area contributed by atoms with Crippen LogP contribution in [0.2, 0.25) is 10.0 Å². The zero-order valence-electron chi connectivity index (χ0n) is 10.5. The van der Waals surface area contributed by atoms with Crippen LogP contribution in [0.3, 0.4) is 0 Å². The summed E-state index contributed by atoms with van der Waals surface area (Å²) in [4.78, 5) is 0.0273. The molecular weight excluding hydrogens is 307 g/mol. The molecule has 1 fully saturated rings. The molecule has 1 aliphatic heterocycles. The van der Waals surface area contributed by atoms with Gasteiger partial charge in [-0.2, -0.15) is 0 Å². The number of sulfonamides is 1. The van der Waals surface area contributed by atoms with Crippen LogP contribution in [-0.4, -0.2) is 27.5 Å². The molecule has 4 nitrogen and oxygen atoms in total. The molecule has 7 heteroatoms. The van der Waals surface area contributed by atoms with E-state index in [0.29, 0.717) is 11.6 Å². The molecule has 1 aromatic rings. The lowest BCUT2D eigenvalue weighted by Gasteiger charge is -2.30. The zero-order chi connectivity index (χ0) is 14.0. The Morgan fingerprint density at radius 3 is 2.79 bits per heavy atom. The van der Waals surface area contributed by atoms with E-state index in [2.05, 4.69) is 10.0 Å². The highest BCUT2D eigenvalue weighted by Gasteiger charge is 2.27. The minimum absolute atomic E-state index is 0.0273. The summed E-state index contributed by atoms with van der Waals surface area (Å²) in [5.74, 6) is 0.286. The van der Waals surface area contributed by atoms with E-state index in [0.717, 1.165) is 13.0 Å². The Kier molecular flexibility index (Phi) is 4.74. The molecule has 2 N–H and O–H groups in total. The van der Waals surface area contributed by atoms with Gasteiger partial charge in [-0.1, -0.05) is 30.1 Å². The van der Waals surface area contributed by atoms with Crippen LogP contribution in [-0.2, 0) is 10.0 Å². The Labute approximate surface area is 123 Å². The summed E-state index contributed by atoms with van der Waals surface area (Å²) in [5, 5.41) is 3.70. The molecular formula is C12H16Cl2N2O2S. The lowest BCUT2D eigenvalue weighted by molar-refractivity contribution is 0.327. The molecule has 1 aromatic carbocycles. The quantitative estimate of drug-likeness (QED) is 0.897. The van der Waals surface area contributed by atoms with Gasteiger partial charge in [-0.3, -0.25) is 0 Å². The Morgan fingerprint density at radius 1 is 1.37 bits per heavy atom. The predicted octanol–water partition coefficient (Wildman–Crippen LogP) is 2.27. The second-order valence-corrected chi connectivity index (χ2v) is 7.30. The molecule has 0 radical (unpaired) electrons. The number of piperidine rings is 1. The number of rotatable bonds is 3. The molecule has 1 aliphatic rings. The second-order valence-electron chi connectivity index (χ2n) is 4.77. The topological polar surface area (TPSA) is 58.2 Å². The first-order chi connectivity index (χ1) is 8.90. The third kappa shape index (κ3) is 3.61. The van der Waals surface area contributed by atoms with E-state index in [9.17, 15) is 8.42 Å². The molecule has 0 aliphatic carbocycles. The van der Waals surface area contributed by atoms with E-state index >= 15 is 0 Å². The van der Waals surface area contributed by atoms with Crippen molar-refractivity contribution < 1.29 is 8.42 Å². The van der Waals surface area contributed by atoms with Crippen LogP contribution < -0.4 is 10.0 Å². The third-order valence-corrected chi connectivity index (χ3v) is 5.52. The van der Waals surface area contributed by atoms with Crippen molar-refractivity contribution in [3.05, 3.63) is 28.2 Å². The molecule has 0 amide bonds. The molecule has 0 spiro atoms. The zero-order valence-corrected chi connectivity index (χ0v) is 12.8. The fraction of sp³-hybridized carbons (Fsp3) is 0.500. The summed E-state index contributed by atoms with van der Waals surface area (Å²) in [7, 11) is -3.65. The van der Waals surface area contributed by atoms with Gasteiger partial charge in [0, 0.05) is 17.6 Å². The van der Waals surface area contributed by atoms with Gasteiger partial charge >= 0.3 is 0 Å². The van der Waals surface area contributed by atoms with Crippen molar-refractivity contribution in [1.29, 1.82) is 0 Å². The molecule has 0 aromatic heterocycles. The Morgan fingerprint density at radius 2 is 2.11 bits per heavy atom. The predicted molar refractivity (Wildman–Crippen MR) is 77.2 cm³/mol. The Bertz CT molecular complexity index is 563. The average Bonchev–Trinajstić information content (AvgIpc) is 2.35. The molecule has 2 atom stereocenters. The number of nitrogens with one attached hydrogen (secondary N) is 2. The van der Waals surface area contributed by atoms with Crippen LogP contribution in [0.1, 0.15) is 13.3 Å². The number of benzene rings is 1. The first-order valence-electron chi connectivity index (χ1n) is 6.08. The highest BCUT2D eigenvalue weighted by Crippen LogP contribution is 2.25. The highest BCUT2D eigenvalue weighted by molar-refractivity contribution is 7.89. The van der Waals surface area contributed by atoms with Gasteiger partial charge in [-0.25, -0.2) is 13.1 Å². The van der Waals surface area contributed by atoms with Gasteiger partial charge < -0.3 is 5.32 Å². The number of halogens is 2. The molecule has 0 bridgehead atoms. The van der Waals surface area contributed by atoms with Crippen molar-refractivity contribution in [2.24, 2.45) is 5.92 Å². The van der Waals surface area contributed by atoms with Crippen LogP contribution >= 0.6 is 23.2 Å². The maximum absolute atomic E-state index is 12.3. The van der Waals surface area contributed by atoms with Gasteiger partial charge in [0.25, 0.3) is 0 Å². The van der Waals surface area contributed by atoms with Crippen molar-refractivity contribution in [1.82, 2.24) is 10.0 Å². The fourth-order valence-corrected chi connectivity index (χ4v) is 4.20. The van der Waals surface area contributed by atoms with E-state index in [1.54, 1.807) is 6.07 Å². The van der Waals surface area contributed by atoms with Gasteiger partial charge in [0.1, 0.15) is 4.90 Å². The number of hydrogen-bond donors (Lipinski definition) is 2. The van der Waals surface area contributed by atoms with Gasteiger partial charge in [0.2, 0.25) is 10.0 Å². The van der Waals surface area contributed by atoms with Gasteiger partial charge in [0.05, 0.1) is 5.02 Å². The summed E-state index contributed by atoms with van der Waals surface area (Å²) in [6.07, 6.45) is 0.941. The van der Waals surface area contributed by atoms with Gasteiger partial charge in [-0.15, -0.1) is 0 Å². The molecule has 0 saturated carbocycles. The van der Waals surface area contributed by atoms with Gasteiger partial charge in [0.15, 0.2) is 0 Å². The summed E-state index contributed by atoms with van der Waals surface area (Å²) in [5.41, 5.74) is 0. The van der Waals surface area contributed by atoms with Crippen LogP contribution in [0.15, 0.2) is 23.1 Å². The largest absolute Gasteiger partial charge is 0.315 e. The van der Waals surface area contributed by atoms with Crippen molar-refractivity contribution in [3.63, 3.8) is 0 Å². The summed E-state index contributed by atoms with van der Waals surface area (Å²) in [6.45, 7) is 3.57. The summed E-state index contributed by atoms with van der Waals surface area (Å²) < 4.78 is 27.4. The van der Waals surface area contributed by atoms with Crippen molar-refractivity contribution in [3.8, 4) is 0 Å². The molecule has 2 unspecified atom stereocenters. The van der Waals surface area contributed by atoms with Gasteiger partial charge in [-0.05, 0) is 37.1 Å². The van der Waals surface area contributed by atoms with Crippen molar-refractivity contribution in [2.45, 2.75) is 24.3 Å². The maximum Gasteiger partial charge on any atom is 0.242 e. The minimum atomic E-state index is -3.65. The Balaban J connectivity index is 2.24. The lowest BCUT2D eigenvalue weighted by atomic mass is 9.96. The van der Waals surface area contributed by atoms with Crippen LogP contribution in [0.25, 0.3) is 0 Å². The van der Waals surface area contributed by atoms with E-state index in [1.807, 2.05) is 6.92 Å². The third-order valence-electron chi connectivity index (χ3n) is 3.32. The Hall–Kier alpha value is -0.330. The van der Waals surface area contributed by atoms with Crippen molar-refractivity contribution >= 4 is 33.2 Å². The summed E-state index contributed by atoms with van der Waals surface area (Å²) in [6, 6.07) is 4.29. The van der Waals surface area contributed by atoms with Crippen LogP contribution in [0, 0.1) is 5.92 Å². The first-order valence-corrected chi connectivity index (χ1v) is 8.32. The average molecular weight is 323 g/mol. The molecule has 1 heterocycles. The molecule has 19 heavy (non-hydrogen) atoms.